The Hall–Kier alpha value is -2.17. The second-order valence-electron chi connectivity index (χ2n) is 4.75. The number of anilines is 1. The molecule has 1 aliphatic carbocycles. The average Bonchev–Trinajstić information content (AvgIpc) is 2.98. The molecule has 0 fully saturated rings. The van der Waals surface area contributed by atoms with E-state index in [1.54, 1.807) is 12.1 Å². The number of carbonyl (C=O) groups is 1. The number of aromatic nitrogens is 2. The minimum Gasteiger partial charge on any atom is -0.323 e. The fourth-order valence-electron chi connectivity index (χ4n) is 2.17. The third-order valence-electron chi connectivity index (χ3n) is 3.37. The van der Waals surface area contributed by atoms with Gasteiger partial charge in [0.05, 0.1) is 11.1 Å². The van der Waals surface area contributed by atoms with E-state index < -0.39 is 5.41 Å². The Kier molecular flexibility index (Phi) is 2.40. The summed E-state index contributed by atoms with van der Waals surface area (Å²) in [5.74, 6) is -0.0215. The molecule has 0 aliphatic heterocycles. The van der Waals surface area contributed by atoms with Crippen molar-refractivity contribution in [2.24, 2.45) is 5.41 Å². The lowest BCUT2D eigenvalue weighted by Crippen LogP contribution is -2.30. The second kappa shape index (κ2) is 3.94. The largest absolute Gasteiger partial charge is 0.323 e. The Bertz CT molecular complexity index is 632. The molecule has 1 N–H and O–H groups in total. The van der Waals surface area contributed by atoms with Gasteiger partial charge in [0.1, 0.15) is 5.52 Å². The van der Waals surface area contributed by atoms with Crippen molar-refractivity contribution in [3.63, 3.8) is 0 Å². The van der Waals surface area contributed by atoms with Crippen LogP contribution in [0.25, 0.3) is 11.0 Å². The van der Waals surface area contributed by atoms with Crippen molar-refractivity contribution < 1.29 is 9.42 Å². The van der Waals surface area contributed by atoms with E-state index in [0.717, 1.165) is 12.8 Å². The summed E-state index contributed by atoms with van der Waals surface area (Å²) < 4.78 is 4.67. The summed E-state index contributed by atoms with van der Waals surface area (Å²) >= 11 is 0. The van der Waals surface area contributed by atoms with Gasteiger partial charge in [-0.2, -0.15) is 0 Å². The van der Waals surface area contributed by atoms with Crippen LogP contribution in [0.2, 0.25) is 0 Å². The molecule has 0 bridgehead atoms. The highest BCUT2D eigenvalue weighted by Crippen LogP contribution is 2.33. The summed E-state index contributed by atoms with van der Waals surface area (Å²) in [5.41, 5.74) is 1.43. The van der Waals surface area contributed by atoms with Crippen molar-refractivity contribution in [2.75, 3.05) is 5.32 Å². The molecule has 1 unspecified atom stereocenters. The van der Waals surface area contributed by atoms with Gasteiger partial charge in [0.2, 0.25) is 5.91 Å². The number of amides is 1. The van der Waals surface area contributed by atoms with Gasteiger partial charge in [-0.25, -0.2) is 4.63 Å². The highest BCUT2D eigenvalue weighted by atomic mass is 16.6. The number of nitrogens with one attached hydrogen (secondary N) is 1. The number of nitrogens with zero attached hydrogens (tertiary/aromatic N) is 2. The van der Waals surface area contributed by atoms with Crippen LogP contribution in [-0.4, -0.2) is 16.2 Å². The van der Waals surface area contributed by atoms with Crippen LogP contribution in [0, 0.1) is 5.41 Å². The molecule has 0 saturated heterocycles. The Morgan fingerprint density at radius 1 is 1.44 bits per heavy atom. The van der Waals surface area contributed by atoms with E-state index in [1.165, 1.54) is 0 Å². The van der Waals surface area contributed by atoms with E-state index in [1.807, 2.05) is 25.1 Å². The lowest BCUT2D eigenvalue weighted by molar-refractivity contribution is -0.122. The van der Waals surface area contributed by atoms with Gasteiger partial charge in [-0.05, 0) is 42.2 Å². The summed E-state index contributed by atoms with van der Waals surface area (Å²) in [6, 6.07) is 5.40. The van der Waals surface area contributed by atoms with Gasteiger partial charge in [0, 0.05) is 0 Å². The standard InChI is InChI=1S/C13H13N3O2/c1-13(7-2-3-8-13)12(17)14-9-5-4-6-10-11(9)16-18-15-10/h2,4-7H,3,8H2,1H3,(H,14,17). The average molecular weight is 243 g/mol. The Balaban J connectivity index is 1.90. The summed E-state index contributed by atoms with van der Waals surface area (Å²) in [6.45, 7) is 1.94. The van der Waals surface area contributed by atoms with Crippen molar-refractivity contribution in [3.05, 3.63) is 30.4 Å². The van der Waals surface area contributed by atoms with Crippen molar-refractivity contribution in [1.29, 1.82) is 0 Å². The zero-order valence-electron chi connectivity index (χ0n) is 10.0. The molecule has 1 amide bonds. The first-order valence-electron chi connectivity index (χ1n) is 5.89. The van der Waals surface area contributed by atoms with Crippen LogP contribution in [0.1, 0.15) is 19.8 Å². The fraction of sp³-hybridized carbons (Fsp3) is 0.308. The van der Waals surface area contributed by atoms with E-state index in [-0.39, 0.29) is 5.91 Å². The van der Waals surface area contributed by atoms with E-state index in [0.29, 0.717) is 16.7 Å². The van der Waals surface area contributed by atoms with Crippen LogP contribution < -0.4 is 5.32 Å². The molecular weight excluding hydrogens is 230 g/mol. The topological polar surface area (TPSA) is 68.0 Å². The van der Waals surface area contributed by atoms with Crippen molar-refractivity contribution in [1.82, 2.24) is 10.3 Å². The highest BCUT2D eigenvalue weighted by Gasteiger charge is 2.32. The summed E-state index contributed by atoms with van der Waals surface area (Å²) in [6.07, 6.45) is 5.78. The molecule has 92 valence electrons. The van der Waals surface area contributed by atoms with Gasteiger partial charge >= 0.3 is 0 Å². The molecule has 1 aromatic heterocycles. The molecule has 1 heterocycles. The van der Waals surface area contributed by atoms with Gasteiger partial charge in [0.25, 0.3) is 0 Å². The lowest BCUT2D eigenvalue weighted by Gasteiger charge is -2.20. The molecule has 0 saturated carbocycles. The third kappa shape index (κ3) is 1.68. The maximum Gasteiger partial charge on any atom is 0.234 e. The number of hydrogen-bond donors (Lipinski definition) is 1. The molecule has 5 heteroatoms. The summed E-state index contributed by atoms with van der Waals surface area (Å²) in [4.78, 5) is 12.3. The zero-order valence-corrected chi connectivity index (χ0v) is 10.0. The van der Waals surface area contributed by atoms with Gasteiger partial charge < -0.3 is 5.32 Å². The molecule has 1 aromatic carbocycles. The number of allylic oxidation sites excluding steroid dienone is 1. The van der Waals surface area contributed by atoms with Crippen LogP contribution in [0.4, 0.5) is 5.69 Å². The first-order chi connectivity index (χ1) is 8.69. The molecular formula is C13H13N3O2. The maximum atomic E-state index is 12.3. The Labute approximate surface area is 104 Å². The van der Waals surface area contributed by atoms with E-state index >= 15 is 0 Å². The van der Waals surface area contributed by atoms with Crippen LogP contribution >= 0.6 is 0 Å². The first kappa shape index (κ1) is 11.0. The molecule has 1 aliphatic rings. The predicted molar refractivity (Wildman–Crippen MR) is 66.9 cm³/mol. The fourth-order valence-corrected chi connectivity index (χ4v) is 2.17. The molecule has 0 radical (unpaired) electrons. The van der Waals surface area contributed by atoms with Gasteiger partial charge in [-0.3, -0.25) is 4.79 Å². The summed E-state index contributed by atoms with van der Waals surface area (Å²) in [7, 11) is 0. The zero-order chi connectivity index (χ0) is 12.6. The quantitative estimate of drug-likeness (QED) is 0.823. The van der Waals surface area contributed by atoms with Crippen LogP contribution in [-0.2, 0) is 4.79 Å². The smallest absolute Gasteiger partial charge is 0.234 e. The van der Waals surface area contributed by atoms with Crippen LogP contribution in [0.3, 0.4) is 0 Å². The Morgan fingerprint density at radius 3 is 3.11 bits per heavy atom. The maximum absolute atomic E-state index is 12.3. The number of carbonyl (C=O) groups excluding carboxylic acids is 1. The normalized spacial score (nSPS) is 22.5. The summed E-state index contributed by atoms with van der Waals surface area (Å²) in [5, 5.41) is 10.5. The predicted octanol–water partition coefficient (Wildman–Crippen LogP) is 2.52. The van der Waals surface area contributed by atoms with Crippen molar-refractivity contribution >= 4 is 22.6 Å². The molecule has 0 spiro atoms. The first-order valence-corrected chi connectivity index (χ1v) is 5.89. The number of fused-ring (bicyclic) bond motifs is 1. The second-order valence-corrected chi connectivity index (χ2v) is 4.75. The minimum atomic E-state index is -0.431. The minimum absolute atomic E-state index is 0.0215. The third-order valence-corrected chi connectivity index (χ3v) is 3.37. The van der Waals surface area contributed by atoms with Gasteiger partial charge in [-0.1, -0.05) is 18.2 Å². The molecule has 18 heavy (non-hydrogen) atoms. The molecule has 1 atom stereocenters. The van der Waals surface area contributed by atoms with Gasteiger partial charge in [-0.15, -0.1) is 0 Å². The SMILES string of the molecule is CC1(C(=O)Nc2cccc3nonc23)C=CCC1. The van der Waals surface area contributed by atoms with E-state index in [2.05, 4.69) is 20.3 Å². The van der Waals surface area contributed by atoms with Gasteiger partial charge in [0.15, 0.2) is 5.52 Å². The molecule has 3 rings (SSSR count). The van der Waals surface area contributed by atoms with E-state index in [4.69, 9.17) is 0 Å². The molecule has 5 nitrogen and oxygen atoms in total. The highest BCUT2D eigenvalue weighted by molar-refractivity contribution is 6.02. The van der Waals surface area contributed by atoms with Crippen LogP contribution in [0.15, 0.2) is 35.0 Å². The van der Waals surface area contributed by atoms with Crippen molar-refractivity contribution in [3.8, 4) is 0 Å². The van der Waals surface area contributed by atoms with E-state index in [9.17, 15) is 4.79 Å². The number of hydrogen-bond acceptors (Lipinski definition) is 4. The monoisotopic (exact) mass is 243 g/mol. The number of rotatable bonds is 2. The Morgan fingerprint density at radius 2 is 2.33 bits per heavy atom. The lowest BCUT2D eigenvalue weighted by atomic mass is 9.89. The van der Waals surface area contributed by atoms with Crippen LogP contribution in [0.5, 0.6) is 0 Å². The molecule has 2 aromatic rings. The number of benzene rings is 1. The van der Waals surface area contributed by atoms with Crippen molar-refractivity contribution in [2.45, 2.75) is 19.8 Å².